The molecule has 2 unspecified atom stereocenters. The zero-order chi connectivity index (χ0) is 10.3. The van der Waals surface area contributed by atoms with Crippen molar-refractivity contribution in [2.75, 3.05) is 20.6 Å². The van der Waals surface area contributed by atoms with Crippen molar-refractivity contribution >= 4 is 0 Å². The highest BCUT2D eigenvalue weighted by Crippen LogP contribution is 2.14. The highest BCUT2D eigenvalue weighted by atomic mass is 14.9. The fourth-order valence-corrected chi connectivity index (χ4v) is 1.61. The highest BCUT2D eigenvalue weighted by molar-refractivity contribution is 4.73. The second-order valence-corrected chi connectivity index (χ2v) is 4.40. The first-order valence-corrected chi connectivity index (χ1v) is 5.43. The van der Waals surface area contributed by atoms with Crippen molar-refractivity contribution in [2.45, 2.75) is 39.7 Å². The van der Waals surface area contributed by atoms with Crippen LogP contribution in [-0.2, 0) is 0 Å². The van der Waals surface area contributed by atoms with Gasteiger partial charge in [-0.15, -0.1) is 0 Å². The average Bonchev–Trinajstić information content (AvgIpc) is 2.10. The van der Waals surface area contributed by atoms with Crippen LogP contribution < -0.4 is 10.6 Å². The van der Waals surface area contributed by atoms with Crippen molar-refractivity contribution in [3.8, 4) is 0 Å². The van der Waals surface area contributed by atoms with Gasteiger partial charge in [-0.1, -0.05) is 27.2 Å². The van der Waals surface area contributed by atoms with Crippen LogP contribution in [0.1, 0.15) is 33.6 Å². The Labute approximate surface area is 83.5 Å². The third kappa shape index (κ3) is 6.05. The molecule has 0 aromatic rings. The minimum absolute atomic E-state index is 0.615. The normalized spacial score (nSPS) is 16.2. The first kappa shape index (κ1) is 12.9. The summed E-state index contributed by atoms with van der Waals surface area (Å²) in [6, 6.07) is 0.615. The van der Waals surface area contributed by atoms with E-state index in [1.165, 1.54) is 12.8 Å². The van der Waals surface area contributed by atoms with E-state index in [1.54, 1.807) is 0 Å². The largest absolute Gasteiger partial charge is 0.318 e. The molecule has 0 saturated heterocycles. The van der Waals surface area contributed by atoms with Gasteiger partial charge in [0.25, 0.3) is 0 Å². The Hall–Kier alpha value is -0.0800. The van der Waals surface area contributed by atoms with Gasteiger partial charge in [0.1, 0.15) is 0 Å². The van der Waals surface area contributed by atoms with E-state index in [0.717, 1.165) is 18.4 Å². The summed E-state index contributed by atoms with van der Waals surface area (Å²) in [5.41, 5.74) is 0. The second-order valence-electron chi connectivity index (χ2n) is 4.40. The maximum absolute atomic E-state index is 3.36. The number of nitrogens with one attached hydrogen (secondary N) is 2. The molecule has 2 heteroatoms. The van der Waals surface area contributed by atoms with Crippen LogP contribution in [-0.4, -0.2) is 26.7 Å². The molecule has 0 aliphatic carbocycles. The van der Waals surface area contributed by atoms with Crippen molar-refractivity contribution < 1.29 is 0 Å². The van der Waals surface area contributed by atoms with Crippen LogP contribution in [0.3, 0.4) is 0 Å². The van der Waals surface area contributed by atoms with E-state index in [2.05, 4.69) is 31.4 Å². The average molecular weight is 186 g/mol. The first-order chi connectivity index (χ1) is 6.11. The summed E-state index contributed by atoms with van der Waals surface area (Å²) in [6.07, 6.45) is 2.66. The number of hydrogen-bond acceptors (Lipinski definition) is 2. The lowest BCUT2D eigenvalue weighted by atomic mass is 9.93. The molecule has 80 valence electrons. The third-order valence-electron chi connectivity index (χ3n) is 2.68. The first-order valence-electron chi connectivity index (χ1n) is 5.43. The van der Waals surface area contributed by atoms with Crippen molar-refractivity contribution in [1.82, 2.24) is 10.6 Å². The molecule has 0 aliphatic rings. The van der Waals surface area contributed by atoms with E-state index < -0.39 is 0 Å². The minimum Gasteiger partial charge on any atom is -0.318 e. The van der Waals surface area contributed by atoms with Gasteiger partial charge in [-0.3, -0.25) is 0 Å². The van der Waals surface area contributed by atoms with Gasteiger partial charge in [-0.05, 0) is 32.4 Å². The van der Waals surface area contributed by atoms with Gasteiger partial charge in [0, 0.05) is 12.6 Å². The zero-order valence-electron chi connectivity index (χ0n) is 9.85. The highest BCUT2D eigenvalue weighted by Gasteiger charge is 2.14. The Balaban J connectivity index is 3.69. The van der Waals surface area contributed by atoms with Crippen LogP contribution in [0.4, 0.5) is 0 Å². The van der Waals surface area contributed by atoms with E-state index in [4.69, 9.17) is 0 Å². The lowest BCUT2D eigenvalue weighted by molar-refractivity contribution is 0.343. The summed E-state index contributed by atoms with van der Waals surface area (Å²) in [5.74, 6) is 1.59. The summed E-state index contributed by atoms with van der Waals surface area (Å²) in [7, 11) is 4.06. The molecule has 0 spiro atoms. The second kappa shape index (κ2) is 7.34. The number of likely N-dealkylation sites (N-methyl/N-ethyl adjacent to an activating group) is 2. The SMILES string of the molecule is CNCC(NC)C(C)CCC(C)C. The lowest BCUT2D eigenvalue weighted by Crippen LogP contribution is -2.40. The Morgan fingerprint density at radius 3 is 2.00 bits per heavy atom. The lowest BCUT2D eigenvalue weighted by Gasteiger charge is -2.23. The quantitative estimate of drug-likeness (QED) is 0.634. The van der Waals surface area contributed by atoms with Crippen LogP contribution >= 0.6 is 0 Å². The van der Waals surface area contributed by atoms with E-state index in [1.807, 2.05) is 14.1 Å². The van der Waals surface area contributed by atoms with Gasteiger partial charge in [0.15, 0.2) is 0 Å². The van der Waals surface area contributed by atoms with Crippen LogP contribution in [0, 0.1) is 11.8 Å². The molecule has 0 rings (SSSR count). The van der Waals surface area contributed by atoms with Crippen molar-refractivity contribution in [3.63, 3.8) is 0 Å². The van der Waals surface area contributed by atoms with Crippen LogP contribution in [0.2, 0.25) is 0 Å². The molecule has 0 saturated carbocycles. The third-order valence-corrected chi connectivity index (χ3v) is 2.68. The molecule has 0 aromatic carbocycles. The van der Waals surface area contributed by atoms with E-state index >= 15 is 0 Å². The molecule has 0 aliphatic heterocycles. The molecule has 2 nitrogen and oxygen atoms in total. The van der Waals surface area contributed by atoms with Gasteiger partial charge in [0.05, 0.1) is 0 Å². The molecule has 0 fully saturated rings. The standard InChI is InChI=1S/C11H26N2/c1-9(2)6-7-10(3)11(13-5)8-12-4/h9-13H,6-8H2,1-5H3. The number of hydrogen-bond donors (Lipinski definition) is 2. The maximum atomic E-state index is 3.36. The molecule has 0 radical (unpaired) electrons. The Morgan fingerprint density at radius 2 is 1.62 bits per heavy atom. The summed E-state index contributed by atoms with van der Waals surface area (Å²) >= 11 is 0. The fraction of sp³-hybridized carbons (Fsp3) is 1.00. The maximum Gasteiger partial charge on any atom is 0.0214 e. The van der Waals surface area contributed by atoms with Crippen molar-refractivity contribution in [1.29, 1.82) is 0 Å². The van der Waals surface area contributed by atoms with E-state index in [9.17, 15) is 0 Å². The predicted molar refractivity (Wildman–Crippen MR) is 60.0 cm³/mol. The minimum atomic E-state index is 0.615. The molecule has 0 heterocycles. The van der Waals surface area contributed by atoms with Gasteiger partial charge in [0.2, 0.25) is 0 Å². The smallest absolute Gasteiger partial charge is 0.0214 e. The molecule has 13 heavy (non-hydrogen) atoms. The Morgan fingerprint density at radius 1 is 1.00 bits per heavy atom. The molecular weight excluding hydrogens is 160 g/mol. The Bertz CT molecular complexity index is 113. The van der Waals surface area contributed by atoms with Gasteiger partial charge in [-0.2, -0.15) is 0 Å². The summed E-state index contributed by atoms with van der Waals surface area (Å²) in [6.45, 7) is 7.98. The van der Waals surface area contributed by atoms with Crippen molar-refractivity contribution in [2.24, 2.45) is 11.8 Å². The van der Waals surface area contributed by atoms with Crippen LogP contribution in [0.5, 0.6) is 0 Å². The topological polar surface area (TPSA) is 24.1 Å². The van der Waals surface area contributed by atoms with Crippen LogP contribution in [0.25, 0.3) is 0 Å². The van der Waals surface area contributed by atoms with Gasteiger partial charge >= 0.3 is 0 Å². The van der Waals surface area contributed by atoms with Crippen molar-refractivity contribution in [3.05, 3.63) is 0 Å². The molecular formula is C11H26N2. The summed E-state index contributed by atoms with van der Waals surface area (Å²) in [4.78, 5) is 0. The number of rotatable bonds is 7. The molecule has 2 atom stereocenters. The predicted octanol–water partition coefficient (Wildman–Crippen LogP) is 1.87. The fourth-order valence-electron chi connectivity index (χ4n) is 1.61. The van der Waals surface area contributed by atoms with E-state index in [0.29, 0.717) is 6.04 Å². The molecule has 0 amide bonds. The van der Waals surface area contributed by atoms with E-state index in [-0.39, 0.29) is 0 Å². The monoisotopic (exact) mass is 186 g/mol. The van der Waals surface area contributed by atoms with Crippen LogP contribution in [0.15, 0.2) is 0 Å². The summed E-state index contributed by atoms with van der Waals surface area (Å²) < 4.78 is 0. The van der Waals surface area contributed by atoms with Gasteiger partial charge in [-0.25, -0.2) is 0 Å². The Kier molecular flexibility index (Phi) is 7.29. The van der Waals surface area contributed by atoms with Gasteiger partial charge < -0.3 is 10.6 Å². The zero-order valence-corrected chi connectivity index (χ0v) is 9.85. The molecule has 2 N–H and O–H groups in total. The molecule has 0 aromatic heterocycles. The molecule has 0 bridgehead atoms. The summed E-state index contributed by atoms with van der Waals surface area (Å²) in [5, 5.41) is 6.59.